The molecular weight excluding hydrogens is 452 g/mol. The van der Waals surface area contributed by atoms with Crippen molar-refractivity contribution < 1.29 is 27.1 Å². The average molecular weight is 473 g/mol. The van der Waals surface area contributed by atoms with Gasteiger partial charge in [-0.15, -0.1) is 11.3 Å². The summed E-state index contributed by atoms with van der Waals surface area (Å²) in [5, 5.41) is 0.946. The minimum Gasteiger partial charge on any atom is -0.462 e. The number of hydrogen-bond acceptors (Lipinski definition) is 3. The van der Waals surface area contributed by atoms with Crippen LogP contribution in [0.15, 0.2) is 60.7 Å². The lowest BCUT2D eigenvalue weighted by molar-refractivity contribution is -0.137. The Labute approximate surface area is 192 Å². The van der Waals surface area contributed by atoms with Crippen LogP contribution < -0.4 is 0 Å². The molecule has 0 aliphatic rings. The van der Waals surface area contributed by atoms with Crippen LogP contribution in [0, 0.1) is 12.7 Å². The Balaban J connectivity index is 1.77. The summed E-state index contributed by atoms with van der Waals surface area (Å²) in [5.74, 6) is -1.15. The lowest BCUT2D eigenvalue weighted by Crippen LogP contribution is -2.05. The van der Waals surface area contributed by atoms with E-state index in [2.05, 4.69) is 0 Å². The first-order valence-electron chi connectivity index (χ1n) is 10.3. The van der Waals surface area contributed by atoms with Crippen LogP contribution in [0.3, 0.4) is 0 Å². The van der Waals surface area contributed by atoms with Gasteiger partial charge >= 0.3 is 12.1 Å². The van der Waals surface area contributed by atoms with Crippen molar-refractivity contribution in [1.29, 1.82) is 0 Å². The first-order valence-corrected chi connectivity index (χ1v) is 11.1. The molecule has 1 heterocycles. The van der Waals surface area contributed by atoms with Gasteiger partial charge in [0.1, 0.15) is 5.82 Å². The van der Waals surface area contributed by atoms with Gasteiger partial charge in [0.05, 0.1) is 17.7 Å². The summed E-state index contributed by atoms with van der Waals surface area (Å²) in [4.78, 5) is 13.1. The Morgan fingerprint density at radius 2 is 1.79 bits per heavy atom. The Kier molecular flexibility index (Phi) is 6.26. The van der Waals surface area contributed by atoms with Crippen LogP contribution in [0.1, 0.15) is 38.8 Å². The van der Waals surface area contributed by atoms with Crippen molar-refractivity contribution in [2.75, 3.05) is 6.61 Å². The second-order valence-electron chi connectivity index (χ2n) is 7.66. The lowest BCUT2D eigenvalue weighted by Gasteiger charge is -2.08. The molecule has 0 fully saturated rings. The first kappa shape index (κ1) is 23.0. The quantitative estimate of drug-likeness (QED) is 0.219. The molecule has 0 N–H and O–H groups in total. The van der Waals surface area contributed by atoms with Gasteiger partial charge in [-0.1, -0.05) is 36.4 Å². The summed E-state index contributed by atoms with van der Waals surface area (Å²) in [5.41, 5.74) is 2.27. The number of esters is 1. The Bertz CT molecular complexity index is 1340. The van der Waals surface area contributed by atoms with Gasteiger partial charge in [0.15, 0.2) is 0 Å². The zero-order chi connectivity index (χ0) is 23.8. The lowest BCUT2D eigenvalue weighted by atomic mass is 9.99. The number of hydrogen-bond donors (Lipinski definition) is 0. The predicted octanol–water partition coefficient (Wildman–Crippen LogP) is 7.80. The highest BCUT2D eigenvalue weighted by atomic mass is 32.1. The minimum atomic E-state index is -4.40. The molecule has 0 radical (unpaired) electrons. The number of halogens is 4. The summed E-state index contributed by atoms with van der Waals surface area (Å²) in [6.45, 7) is 3.80. The number of carbonyl (C=O) groups excluding carboxylic acids is 1. The average Bonchev–Trinajstić information content (AvgIpc) is 3.08. The van der Waals surface area contributed by atoms with E-state index in [9.17, 15) is 22.4 Å². The predicted molar refractivity (Wildman–Crippen MR) is 122 cm³/mol. The van der Waals surface area contributed by atoms with E-state index >= 15 is 0 Å². The van der Waals surface area contributed by atoms with Crippen LogP contribution in [-0.2, 0) is 17.3 Å². The topological polar surface area (TPSA) is 26.3 Å². The van der Waals surface area contributed by atoms with Crippen LogP contribution in [-0.4, -0.2) is 12.6 Å². The summed E-state index contributed by atoms with van der Waals surface area (Å²) in [7, 11) is 0. The molecule has 0 saturated heterocycles. The highest BCUT2D eigenvalue weighted by Crippen LogP contribution is 2.39. The molecule has 1 aromatic heterocycles. The zero-order valence-electron chi connectivity index (χ0n) is 17.9. The van der Waals surface area contributed by atoms with Crippen molar-refractivity contribution in [3.05, 3.63) is 93.6 Å². The van der Waals surface area contributed by atoms with Gasteiger partial charge in [0.25, 0.3) is 0 Å². The molecule has 0 aliphatic heterocycles. The van der Waals surface area contributed by atoms with Gasteiger partial charge in [-0.3, -0.25) is 0 Å². The summed E-state index contributed by atoms with van der Waals surface area (Å²) in [6.07, 6.45) is -4.04. The molecule has 2 nitrogen and oxygen atoms in total. The fourth-order valence-electron chi connectivity index (χ4n) is 3.81. The molecule has 0 saturated carbocycles. The maximum Gasteiger partial charge on any atom is 0.416 e. The first-order chi connectivity index (χ1) is 15.7. The molecule has 4 rings (SSSR count). The van der Waals surface area contributed by atoms with Crippen LogP contribution in [0.5, 0.6) is 0 Å². The summed E-state index contributed by atoms with van der Waals surface area (Å²) >= 11 is 1.46. The number of aryl methyl sites for hydroxylation is 1. The van der Waals surface area contributed by atoms with E-state index < -0.39 is 23.5 Å². The van der Waals surface area contributed by atoms with E-state index in [0.29, 0.717) is 17.5 Å². The fourth-order valence-corrected chi connectivity index (χ4v) is 5.18. The molecule has 0 amide bonds. The molecule has 170 valence electrons. The van der Waals surface area contributed by atoms with E-state index in [1.54, 1.807) is 19.1 Å². The summed E-state index contributed by atoms with van der Waals surface area (Å²) < 4.78 is 59.5. The largest absolute Gasteiger partial charge is 0.462 e. The molecule has 0 bridgehead atoms. The Morgan fingerprint density at radius 1 is 1.03 bits per heavy atom. The molecule has 33 heavy (non-hydrogen) atoms. The molecular formula is C26H20F4O2S. The van der Waals surface area contributed by atoms with Gasteiger partial charge < -0.3 is 4.74 Å². The highest BCUT2D eigenvalue weighted by Gasteiger charge is 2.30. The van der Waals surface area contributed by atoms with Gasteiger partial charge in [0.2, 0.25) is 0 Å². The number of benzene rings is 3. The van der Waals surface area contributed by atoms with Crippen molar-refractivity contribution in [3.63, 3.8) is 0 Å². The number of thiophene rings is 1. The number of carbonyl (C=O) groups is 1. The third-order valence-electron chi connectivity index (χ3n) is 5.40. The third kappa shape index (κ3) is 4.78. The van der Waals surface area contributed by atoms with Gasteiger partial charge in [-0.25, -0.2) is 9.18 Å². The Morgan fingerprint density at radius 3 is 2.52 bits per heavy atom. The smallest absolute Gasteiger partial charge is 0.416 e. The SMILES string of the molecule is CCOC(=O)c1cc(F)cc(-c2cccc3c(C)c(Cc4cccc(C(F)(F)F)c4)sc23)c1. The third-order valence-corrected chi connectivity index (χ3v) is 6.74. The van der Waals surface area contributed by atoms with E-state index in [0.717, 1.165) is 38.2 Å². The van der Waals surface area contributed by atoms with Gasteiger partial charge in [0, 0.05) is 16.0 Å². The Hall–Kier alpha value is -3.19. The monoisotopic (exact) mass is 472 g/mol. The molecule has 7 heteroatoms. The molecule has 4 aromatic rings. The van der Waals surface area contributed by atoms with Crippen LogP contribution in [0.2, 0.25) is 0 Å². The van der Waals surface area contributed by atoms with E-state index in [1.807, 2.05) is 25.1 Å². The molecule has 0 aliphatic carbocycles. The highest BCUT2D eigenvalue weighted by molar-refractivity contribution is 7.19. The van der Waals surface area contributed by atoms with Gasteiger partial charge in [-0.2, -0.15) is 13.2 Å². The van der Waals surface area contributed by atoms with E-state index in [1.165, 1.54) is 29.5 Å². The maximum absolute atomic E-state index is 14.3. The fraction of sp³-hybridized carbons (Fsp3) is 0.192. The van der Waals surface area contributed by atoms with Crippen LogP contribution in [0.4, 0.5) is 17.6 Å². The normalized spacial score (nSPS) is 11.7. The van der Waals surface area contributed by atoms with E-state index in [4.69, 9.17) is 4.74 Å². The second-order valence-corrected chi connectivity index (χ2v) is 8.76. The van der Waals surface area contributed by atoms with Crippen LogP contribution >= 0.6 is 11.3 Å². The molecule has 0 unspecified atom stereocenters. The van der Waals surface area contributed by atoms with Gasteiger partial charge in [-0.05, 0) is 65.8 Å². The van der Waals surface area contributed by atoms with Crippen molar-refractivity contribution in [3.8, 4) is 11.1 Å². The molecule has 0 spiro atoms. The van der Waals surface area contributed by atoms with Crippen molar-refractivity contribution in [2.45, 2.75) is 26.4 Å². The van der Waals surface area contributed by atoms with Crippen molar-refractivity contribution in [1.82, 2.24) is 0 Å². The van der Waals surface area contributed by atoms with Crippen LogP contribution in [0.25, 0.3) is 21.2 Å². The second kappa shape index (κ2) is 8.98. The number of fused-ring (bicyclic) bond motifs is 1. The molecule has 3 aromatic carbocycles. The number of alkyl halides is 3. The van der Waals surface area contributed by atoms with Crippen molar-refractivity contribution >= 4 is 27.4 Å². The molecule has 0 atom stereocenters. The summed E-state index contributed by atoms with van der Waals surface area (Å²) in [6, 6.07) is 15.0. The van der Waals surface area contributed by atoms with E-state index in [-0.39, 0.29) is 12.2 Å². The maximum atomic E-state index is 14.3. The standard InChI is InChI=1S/C26H20F4O2S/c1-3-32-25(31)18-12-17(13-20(27)14-18)22-9-5-8-21-15(2)23(33-24(21)22)11-16-6-4-7-19(10-16)26(28,29)30/h4-10,12-14H,3,11H2,1-2H3. The number of ether oxygens (including phenoxy) is 1. The zero-order valence-corrected chi connectivity index (χ0v) is 18.7. The number of rotatable bonds is 5. The van der Waals surface area contributed by atoms with Crippen molar-refractivity contribution in [2.24, 2.45) is 0 Å². The minimum absolute atomic E-state index is 0.126.